The summed E-state index contributed by atoms with van der Waals surface area (Å²) in [6.07, 6.45) is 4.74. The van der Waals surface area contributed by atoms with Crippen molar-refractivity contribution >= 4 is 23.4 Å². The molecule has 8 heteroatoms. The Labute approximate surface area is 181 Å². The molecule has 8 nitrogen and oxygen atoms in total. The lowest BCUT2D eigenvalue weighted by atomic mass is 10.1. The molecule has 162 valence electrons. The van der Waals surface area contributed by atoms with Crippen LogP contribution in [0.1, 0.15) is 26.3 Å². The SMILES string of the molecule is C=CCNC(=O)CN1CCN(C(=O)c2cccc(C)c2NC(=O)c2ccncc2)CC1. The topological polar surface area (TPSA) is 94.6 Å². The molecule has 1 fully saturated rings. The molecule has 0 spiro atoms. The number of para-hydroxylation sites is 1. The number of nitrogens with zero attached hydrogens (tertiary/aromatic N) is 3. The first-order valence-electron chi connectivity index (χ1n) is 10.2. The van der Waals surface area contributed by atoms with Gasteiger partial charge in [-0.3, -0.25) is 24.3 Å². The minimum atomic E-state index is -0.291. The Balaban J connectivity index is 1.66. The predicted octanol–water partition coefficient (Wildman–Crippen LogP) is 1.70. The van der Waals surface area contributed by atoms with Crippen LogP contribution in [0.25, 0.3) is 0 Å². The van der Waals surface area contributed by atoms with Crippen LogP contribution in [0.4, 0.5) is 5.69 Å². The maximum absolute atomic E-state index is 13.2. The van der Waals surface area contributed by atoms with Gasteiger partial charge in [0.1, 0.15) is 0 Å². The number of carbonyl (C=O) groups is 3. The fourth-order valence-corrected chi connectivity index (χ4v) is 3.43. The second-order valence-corrected chi connectivity index (χ2v) is 7.35. The number of aryl methyl sites for hydroxylation is 1. The van der Waals surface area contributed by atoms with Crippen LogP contribution >= 0.6 is 0 Å². The highest BCUT2D eigenvalue weighted by molar-refractivity contribution is 6.09. The van der Waals surface area contributed by atoms with Gasteiger partial charge in [0, 0.05) is 50.7 Å². The van der Waals surface area contributed by atoms with Crippen LogP contribution in [-0.2, 0) is 4.79 Å². The monoisotopic (exact) mass is 421 g/mol. The summed E-state index contributed by atoms with van der Waals surface area (Å²) in [6, 6.07) is 8.65. The van der Waals surface area contributed by atoms with E-state index in [1.165, 1.54) is 0 Å². The van der Waals surface area contributed by atoms with E-state index in [9.17, 15) is 14.4 Å². The number of aromatic nitrogens is 1. The fraction of sp³-hybridized carbons (Fsp3) is 0.304. The maximum atomic E-state index is 13.2. The minimum absolute atomic E-state index is 0.0560. The van der Waals surface area contributed by atoms with Crippen molar-refractivity contribution in [2.45, 2.75) is 6.92 Å². The van der Waals surface area contributed by atoms with E-state index >= 15 is 0 Å². The van der Waals surface area contributed by atoms with Gasteiger partial charge in [0.25, 0.3) is 11.8 Å². The third kappa shape index (κ3) is 5.76. The number of amides is 3. The van der Waals surface area contributed by atoms with E-state index in [0.29, 0.717) is 56.1 Å². The van der Waals surface area contributed by atoms with Gasteiger partial charge >= 0.3 is 0 Å². The third-order valence-electron chi connectivity index (χ3n) is 5.15. The molecule has 3 rings (SSSR count). The standard InChI is InChI=1S/C23H27N5O3/c1-3-9-25-20(29)16-27-12-14-28(15-13-27)23(31)19-6-4-5-17(2)21(19)26-22(30)18-7-10-24-11-8-18/h3-8,10-11H,1,9,12-16H2,2H3,(H,25,29)(H,26,30). The molecule has 1 aromatic carbocycles. The van der Waals surface area contributed by atoms with Crippen molar-refractivity contribution in [2.24, 2.45) is 0 Å². The summed E-state index contributed by atoms with van der Waals surface area (Å²) in [4.78, 5) is 45.4. The average Bonchev–Trinajstić information content (AvgIpc) is 2.79. The van der Waals surface area contributed by atoms with Gasteiger partial charge < -0.3 is 15.5 Å². The van der Waals surface area contributed by atoms with Gasteiger partial charge in [-0.25, -0.2) is 0 Å². The molecule has 0 aliphatic carbocycles. The van der Waals surface area contributed by atoms with Crippen LogP contribution in [0, 0.1) is 6.92 Å². The van der Waals surface area contributed by atoms with Crippen molar-refractivity contribution in [2.75, 3.05) is 44.6 Å². The van der Waals surface area contributed by atoms with Crippen LogP contribution in [0.2, 0.25) is 0 Å². The van der Waals surface area contributed by atoms with E-state index in [0.717, 1.165) is 5.56 Å². The van der Waals surface area contributed by atoms with Crippen molar-refractivity contribution in [3.05, 3.63) is 72.1 Å². The first kappa shape index (κ1) is 22.2. The number of hydrogen-bond donors (Lipinski definition) is 2. The normalized spacial score (nSPS) is 14.0. The Bertz CT molecular complexity index is 953. The summed E-state index contributed by atoms with van der Waals surface area (Å²) in [5.74, 6) is -0.481. The predicted molar refractivity (Wildman–Crippen MR) is 119 cm³/mol. The Morgan fingerprint density at radius 1 is 1.10 bits per heavy atom. The molecule has 1 aliphatic heterocycles. The van der Waals surface area contributed by atoms with Crippen LogP contribution in [0.15, 0.2) is 55.4 Å². The number of carbonyl (C=O) groups excluding carboxylic acids is 3. The quantitative estimate of drug-likeness (QED) is 0.664. The summed E-state index contributed by atoms with van der Waals surface area (Å²) in [5.41, 5.74) is 2.26. The first-order chi connectivity index (χ1) is 15.0. The highest BCUT2D eigenvalue weighted by Gasteiger charge is 2.25. The average molecular weight is 422 g/mol. The molecular formula is C23H27N5O3. The molecule has 1 aromatic heterocycles. The molecule has 2 heterocycles. The van der Waals surface area contributed by atoms with E-state index in [4.69, 9.17) is 0 Å². The molecule has 3 amide bonds. The fourth-order valence-electron chi connectivity index (χ4n) is 3.43. The molecule has 2 N–H and O–H groups in total. The van der Waals surface area contributed by atoms with Gasteiger partial charge in [-0.05, 0) is 30.7 Å². The molecule has 0 bridgehead atoms. The summed E-state index contributed by atoms with van der Waals surface area (Å²) in [7, 11) is 0. The Hall–Kier alpha value is -3.52. The van der Waals surface area contributed by atoms with E-state index < -0.39 is 0 Å². The third-order valence-corrected chi connectivity index (χ3v) is 5.15. The van der Waals surface area contributed by atoms with Crippen molar-refractivity contribution in [3.8, 4) is 0 Å². The van der Waals surface area contributed by atoms with E-state index in [2.05, 4.69) is 22.2 Å². The molecular weight excluding hydrogens is 394 g/mol. The zero-order valence-electron chi connectivity index (χ0n) is 17.6. The Morgan fingerprint density at radius 3 is 2.48 bits per heavy atom. The van der Waals surface area contributed by atoms with Gasteiger partial charge in [-0.1, -0.05) is 18.2 Å². The number of nitrogens with one attached hydrogen (secondary N) is 2. The number of anilines is 1. The lowest BCUT2D eigenvalue weighted by molar-refractivity contribution is -0.122. The Kier molecular flexibility index (Phi) is 7.50. The molecule has 0 atom stereocenters. The van der Waals surface area contributed by atoms with Gasteiger partial charge in [-0.2, -0.15) is 0 Å². The van der Waals surface area contributed by atoms with Gasteiger partial charge in [0.15, 0.2) is 0 Å². The molecule has 1 aliphatic rings. The second-order valence-electron chi connectivity index (χ2n) is 7.35. The van der Waals surface area contributed by atoms with Crippen molar-refractivity contribution in [1.29, 1.82) is 0 Å². The largest absolute Gasteiger partial charge is 0.352 e. The number of benzene rings is 1. The summed E-state index contributed by atoms with van der Waals surface area (Å²) < 4.78 is 0. The van der Waals surface area contributed by atoms with Gasteiger partial charge in [-0.15, -0.1) is 6.58 Å². The zero-order valence-corrected chi connectivity index (χ0v) is 17.6. The van der Waals surface area contributed by atoms with E-state index in [1.807, 2.05) is 24.0 Å². The highest BCUT2D eigenvalue weighted by Crippen LogP contribution is 2.23. The van der Waals surface area contributed by atoms with Crippen molar-refractivity contribution < 1.29 is 14.4 Å². The number of piperazine rings is 1. The van der Waals surface area contributed by atoms with Crippen LogP contribution in [0.5, 0.6) is 0 Å². The van der Waals surface area contributed by atoms with E-state index in [-0.39, 0.29) is 17.7 Å². The van der Waals surface area contributed by atoms with E-state index in [1.54, 1.807) is 41.6 Å². The number of pyridine rings is 1. The molecule has 1 saturated heterocycles. The summed E-state index contributed by atoms with van der Waals surface area (Å²) in [5, 5.41) is 5.65. The number of hydrogen-bond acceptors (Lipinski definition) is 5. The molecule has 0 unspecified atom stereocenters. The summed E-state index contributed by atoms with van der Waals surface area (Å²) in [6.45, 7) is 8.43. The molecule has 2 aromatic rings. The van der Waals surface area contributed by atoms with Crippen LogP contribution in [0.3, 0.4) is 0 Å². The van der Waals surface area contributed by atoms with Crippen molar-refractivity contribution in [1.82, 2.24) is 20.1 Å². The van der Waals surface area contributed by atoms with Crippen LogP contribution in [-0.4, -0.2) is 71.8 Å². The zero-order chi connectivity index (χ0) is 22.2. The van der Waals surface area contributed by atoms with Gasteiger partial charge in [0.05, 0.1) is 17.8 Å². The maximum Gasteiger partial charge on any atom is 0.256 e. The lowest BCUT2D eigenvalue weighted by Crippen LogP contribution is -2.51. The van der Waals surface area contributed by atoms with Gasteiger partial charge in [0.2, 0.25) is 5.91 Å². The number of rotatable bonds is 7. The minimum Gasteiger partial charge on any atom is -0.352 e. The Morgan fingerprint density at radius 2 is 1.81 bits per heavy atom. The molecule has 0 radical (unpaired) electrons. The van der Waals surface area contributed by atoms with Crippen LogP contribution < -0.4 is 10.6 Å². The first-order valence-corrected chi connectivity index (χ1v) is 10.2. The molecule has 31 heavy (non-hydrogen) atoms. The smallest absolute Gasteiger partial charge is 0.256 e. The summed E-state index contributed by atoms with van der Waals surface area (Å²) >= 11 is 0. The highest BCUT2D eigenvalue weighted by atomic mass is 16.2. The lowest BCUT2D eigenvalue weighted by Gasteiger charge is -2.34. The van der Waals surface area contributed by atoms with Crippen molar-refractivity contribution in [3.63, 3.8) is 0 Å². The second kappa shape index (κ2) is 10.5. The molecule has 0 saturated carbocycles.